The second kappa shape index (κ2) is 1.87. The van der Waals surface area contributed by atoms with Gasteiger partial charge in [0.15, 0.2) is 0 Å². The molecule has 11 heavy (non-hydrogen) atoms. The third-order valence-electron chi connectivity index (χ3n) is 3.04. The molecule has 2 nitrogen and oxygen atoms in total. The molecule has 2 rings (SSSR count). The number of hydrogen-bond donors (Lipinski definition) is 1. The van der Waals surface area contributed by atoms with Crippen LogP contribution in [0.25, 0.3) is 0 Å². The molecule has 2 aliphatic carbocycles. The van der Waals surface area contributed by atoms with Crippen molar-refractivity contribution >= 4 is 5.97 Å². The first-order valence-corrected chi connectivity index (χ1v) is 4.04. The Morgan fingerprint density at radius 3 is 3.09 bits per heavy atom. The fourth-order valence-corrected chi connectivity index (χ4v) is 2.08. The van der Waals surface area contributed by atoms with Gasteiger partial charge in [0.2, 0.25) is 0 Å². The van der Waals surface area contributed by atoms with Crippen LogP contribution in [-0.2, 0) is 4.79 Å². The Balaban J connectivity index is 2.19. The average molecular weight is 152 g/mol. The molecule has 1 N–H and O–H groups in total. The Morgan fingerprint density at radius 2 is 2.55 bits per heavy atom. The number of carboxylic acids is 1. The Morgan fingerprint density at radius 1 is 1.82 bits per heavy atom. The largest absolute Gasteiger partial charge is 0.481 e. The Kier molecular flexibility index (Phi) is 1.17. The summed E-state index contributed by atoms with van der Waals surface area (Å²) < 4.78 is 0. The van der Waals surface area contributed by atoms with E-state index in [0.29, 0.717) is 5.92 Å². The molecule has 0 saturated heterocycles. The molecule has 0 heterocycles. The zero-order chi connectivity index (χ0) is 8.06. The monoisotopic (exact) mass is 152 g/mol. The van der Waals surface area contributed by atoms with Gasteiger partial charge in [-0.2, -0.15) is 0 Å². The first-order chi connectivity index (χ1) is 5.15. The van der Waals surface area contributed by atoms with Gasteiger partial charge in [-0.25, -0.2) is 0 Å². The van der Waals surface area contributed by atoms with E-state index in [1.54, 1.807) is 0 Å². The van der Waals surface area contributed by atoms with Gasteiger partial charge in [-0.1, -0.05) is 11.6 Å². The van der Waals surface area contributed by atoms with Crippen molar-refractivity contribution in [2.24, 2.45) is 11.3 Å². The number of aliphatic carboxylic acids is 1. The Hall–Kier alpha value is -0.790. The summed E-state index contributed by atoms with van der Waals surface area (Å²) in [7, 11) is 0. The lowest BCUT2D eigenvalue weighted by atomic mass is 9.90. The van der Waals surface area contributed by atoms with E-state index in [2.05, 4.69) is 13.0 Å². The summed E-state index contributed by atoms with van der Waals surface area (Å²) in [5.41, 5.74) is 1.03. The fourth-order valence-electron chi connectivity index (χ4n) is 2.08. The highest BCUT2D eigenvalue weighted by atomic mass is 16.4. The van der Waals surface area contributed by atoms with Crippen molar-refractivity contribution in [3.8, 4) is 0 Å². The van der Waals surface area contributed by atoms with E-state index in [4.69, 9.17) is 5.11 Å². The first-order valence-electron chi connectivity index (χ1n) is 4.04. The van der Waals surface area contributed by atoms with Crippen molar-refractivity contribution in [3.63, 3.8) is 0 Å². The van der Waals surface area contributed by atoms with Crippen LogP contribution in [0, 0.1) is 11.3 Å². The molecule has 1 fully saturated rings. The molecule has 0 aromatic carbocycles. The van der Waals surface area contributed by atoms with Crippen LogP contribution in [-0.4, -0.2) is 11.1 Å². The van der Waals surface area contributed by atoms with Crippen LogP contribution in [0.3, 0.4) is 0 Å². The maximum absolute atomic E-state index is 10.8. The predicted molar refractivity (Wildman–Crippen MR) is 41.2 cm³/mol. The third kappa shape index (κ3) is 0.817. The molecular formula is C9H12O2. The van der Waals surface area contributed by atoms with Gasteiger partial charge in [0.1, 0.15) is 0 Å². The first kappa shape index (κ1) is 6.89. The smallest absolute Gasteiger partial charge is 0.310 e. The summed E-state index contributed by atoms with van der Waals surface area (Å²) >= 11 is 0. The van der Waals surface area contributed by atoms with Crippen LogP contribution in [0.4, 0.5) is 0 Å². The molecule has 0 amide bonds. The maximum atomic E-state index is 10.8. The second-order valence-corrected chi connectivity index (χ2v) is 3.82. The molecule has 0 bridgehead atoms. The lowest BCUT2D eigenvalue weighted by molar-refractivity contribution is -0.144. The van der Waals surface area contributed by atoms with E-state index in [-0.39, 0.29) is 5.41 Å². The molecule has 0 unspecified atom stereocenters. The van der Waals surface area contributed by atoms with Crippen LogP contribution in [0.2, 0.25) is 0 Å². The van der Waals surface area contributed by atoms with Crippen molar-refractivity contribution in [2.45, 2.75) is 26.2 Å². The number of hydrogen-bond acceptors (Lipinski definition) is 1. The fraction of sp³-hybridized carbons (Fsp3) is 0.667. The molecule has 0 aliphatic heterocycles. The van der Waals surface area contributed by atoms with Gasteiger partial charge in [-0.15, -0.1) is 0 Å². The molecule has 0 spiro atoms. The average Bonchev–Trinajstić information content (AvgIpc) is 2.62. The molecule has 0 aromatic rings. The number of carbonyl (C=O) groups is 1. The minimum Gasteiger partial charge on any atom is -0.481 e. The quantitative estimate of drug-likeness (QED) is 0.582. The van der Waals surface area contributed by atoms with Gasteiger partial charge in [0.25, 0.3) is 0 Å². The van der Waals surface area contributed by atoms with Crippen molar-refractivity contribution in [3.05, 3.63) is 11.6 Å². The minimum absolute atomic E-state index is 0.334. The summed E-state index contributed by atoms with van der Waals surface area (Å²) in [4.78, 5) is 10.8. The normalized spacial score (nSPS) is 40.8. The minimum atomic E-state index is -0.591. The predicted octanol–water partition coefficient (Wildman–Crippen LogP) is 1.82. The Labute approximate surface area is 65.9 Å². The second-order valence-electron chi connectivity index (χ2n) is 3.82. The number of carboxylic acid groups (broad SMARTS) is 1. The summed E-state index contributed by atoms with van der Waals surface area (Å²) in [5.74, 6) is -0.142. The van der Waals surface area contributed by atoms with Crippen LogP contribution in [0.5, 0.6) is 0 Å². The molecule has 1 saturated carbocycles. The summed E-state index contributed by atoms with van der Waals surface area (Å²) in [6, 6.07) is 0. The van der Waals surface area contributed by atoms with Gasteiger partial charge in [-0.05, 0) is 32.1 Å². The Bertz CT molecular complexity index is 242. The molecule has 2 atom stereocenters. The van der Waals surface area contributed by atoms with Crippen molar-refractivity contribution in [2.75, 3.05) is 0 Å². The van der Waals surface area contributed by atoms with Crippen LogP contribution in [0.15, 0.2) is 11.6 Å². The summed E-state index contributed by atoms with van der Waals surface area (Å²) in [5, 5.41) is 8.90. The van der Waals surface area contributed by atoms with Crippen molar-refractivity contribution in [1.82, 2.24) is 0 Å². The van der Waals surface area contributed by atoms with Crippen LogP contribution >= 0.6 is 0 Å². The molecule has 2 aliphatic rings. The van der Waals surface area contributed by atoms with E-state index in [1.807, 2.05) is 0 Å². The van der Waals surface area contributed by atoms with Gasteiger partial charge in [0.05, 0.1) is 5.41 Å². The standard InChI is InChI=1S/C9H12O2/c1-6-2-3-9(8(10)11)5-7(9)4-6/h2,7H,3-5H2,1H3,(H,10,11)/t7-,9-/m0/s1. The maximum Gasteiger partial charge on any atom is 0.310 e. The lowest BCUT2D eigenvalue weighted by Gasteiger charge is -2.15. The highest BCUT2D eigenvalue weighted by molar-refractivity contribution is 5.79. The number of fused-ring (bicyclic) bond motifs is 1. The zero-order valence-corrected chi connectivity index (χ0v) is 6.63. The third-order valence-corrected chi connectivity index (χ3v) is 3.04. The highest BCUT2D eigenvalue weighted by Gasteiger charge is 2.60. The topological polar surface area (TPSA) is 37.3 Å². The highest BCUT2D eigenvalue weighted by Crippen LogP contribution is 2.60. The SMILES string of the molecule is CC1=CC[C@]2(C(=O)O)C[C@@H]2C1. The molecule has 0 radical (unpaired) electrons. The van der Waals surface area contributed by atoms with Gasteiger partial charge < -0.3 is 5.11 Å². The van der Waals surface area contributed by atoms with Gasteiger partial charge in [-0.3, -0.25) is 4.79 Å². The van der Waals surface area contributed by atoms with Crippen molar-refractivity contribution in [1.29, 1.82) is 0 Å². The van der Waals surface area contributed by atoms with E-state index in [9.17, 15) is 4.79 Å². The number of rotatable bonds is 1. The molecular weight excluding hydrogens is 140 g/mol. The van der Waals surface area contributed by atoms with Crippen LogP contribution in [0.1, 0.15) is 26.2 Å². The summed E-state index contributed by atoms with van der Waals surface area (Å²) in [6.45, 7) is 2.09. The molecule has 60 valence electrons. The van der Waals surface area contributed by atoms with E-state index < -0.39 is 5.97 Å². The van der Waals surface area contributed by atoms with Crippen LogP contribution < -0.4 is 0 Å². The summed E-state index contributed by atoms with van der Waals surface area (Å²) in [6.07, 6.45) is 4.75. The molecule has 0 aromatic heterocycles. The van der Waals surface area contributed by atoms with E-state index in [1.165, 1.54) is 5.57 Å². The van der Waals surface area contributed by atoms with Gasteiger partial charge >= 0.3 is 5.97 Å². The zero-order valence-electron chi connectivity index (χ0n) is 6.63. The van der Waals surface area contributed by atoms with Crippen molar-refractivity contribution < 1.29 is 9.90 Å². The lowest BCUT2D eigenvalue weighted by Crippen LogP contribution is -2.19. The van der Waals surface area contributed by atoms with E-state index in [0.717, 1.165) is 19.3 Å². The van der Waals surface area contributed by atoms with E-state index >= 15 is 0 Å². The molecule has 2 heteroatoms. The van der Waals surface area contributed by atoms with Gasteiger partial charge in [0, 0.05) is 0 Å². The number of allylic oxidation sites excluding steroid dienone is 2.